The Kier molecular flexibility index (Phi) is 6.22. The molecule has 3 heteroatoms. The number of nitrogens with two attached hydrogens (primary N) is 1. The van der Waals surface area contributed by atoms with Crippen LogP contribution in [0.1, 0.15) is 50.2 Å². The summed E-state index contributed by atoms with van der Waals surface area (Å²) >= 11 is 0. The maximum absolute atomic E-state index is 13.7. The summed E-state index contributed by atoms with van der Waals surface area (Å²) in [6, 6.07) is 5.94. The van der Waals surface area contributed by atoms with Crippen molar-refractivity contribution in [3.8, 4) is 11.8 Å². The van der Waals surface area contributed by atoms with Crippen molar-refractivity contribution in [2.75, 3.05) is 13.1 Å². The molecule has 1 heterocycles. The highest BCUT2D eigenvalue weighted by Gasteiger charge is 2.21. The molecule has 1 aromatic carbocycles. The number of hydrogen-bond donors (Lipinski definition) is 1. The number of piperidine rings is 1. The predicted molar refractivity (Wildman–Crippen MR) is 85.3 cm³/mol. The van der Waals surface area contributed by atoms with Crippen LogP contribution in [0.4, 0.5) is 4.39 Å². The van der Waals surface area contributed by atoms with Gasteiger partial charge in [-0.2, -0.15) is 0 Å². The van der Waals surface area contributed by atoms with Gasteiger partial charge in [-0.1, -0.05) is 37.7 Å². The van der Waals surface area contributed by atoms with Crippen molar-refractivity contribution in [1.82, 2.24) is 4.90 Å². The van der Waals surface area contributed by atoms with E-state index in [0.29, 0.717) is 11.6 Å². The summed E-state index contributed by atoms with van der Waals surface area (Å²) in [5.74, 6) is 5.29. The minimum atomic E-state index is -0.261. The standard InChI is InChI=1S/C18H25FN2/c1-2-6-17-8-3-4-12-21(17)14-15-9-10-18(19)16(13-15)7-5-11-20/h9-10,13,17H,2-4,6,8,11-12,14,20H2,1H3. The minimum absolute atomic E-state index is 0.258. The lowest BCUT2D eigenvalue weighted by atomic mass is 9.97. The smallest absolute Gasteiger partial charge is 0.138 e. The maximum Gasteiger partial charge on any atom is 0.138 e. The van der Waals surface area contributed by atoms with Crippen molar-refractivity contribution in [3.63, 3.8) is 0 Å². The van der Waals surface area contributed by atoms with Gasteiger partial charge in [0, 0.05) is 12.6 Å². The molecule has 0 bridgehead atoms. The highest BCUT2D eigenvalue weighted by Crippen LogP contribution is 2.23. The Morgan fingerprint density at radius 1 is 1.38 bits per heavy atom. The molecule has 0 radical (unpaired) electrons. The lowest BCUT2D eigenvalue weighted by Crippen LogP contribution is -2.38. The zero-order valence-corrected chi connectivity index (χ0v) is 12.9. The van der Waals surface area contributed by atoms with Crippen LogP contribution in [0.3, 0.4) is 0 Å². The molecule has 114 valence electrons. The van der Waals surface area contributed by atoms with Crippen LogP contribution in [0.5, 0.6) is 0 Å². The molecule has 2 rings (SSSR count). The molecule has 2 N–H and O–H groups in total. The molecule has 21 heavy (non-hydrogen) atoms. The van der Waals surface area contributed by atoms with E-state index in [4.69, 9.17) is 5.73 Å². The second-order valence-electron chi connectivity index (χ2n) is 5.73. The van der Waals surface area contributed by atoms with Gasteiger partial charge in [-0.15, -0.1) is 0 Å². The van der Waals surface area contributed by atoms with Crippen LogP contribution in [0.15, 0.2) is 18.2 Å². The first kappa shape index (κ1) is 16.0. The minimum Gasteiger partial charge on any atom is -0.320 e. The van der Waals surface area contributed by atoms with Crippen molar-refractivity contribution in [3.05, 3.63) is 35.1 Å². The number of likely N-dealkylation sites (tertiary alicyclic amines) is 1. The Hall–Kier alpha value is -1.37. The van der Waals surface area contributed by atoms with Gasteiger partial charge in [-0.3, -0.25) is 4.90 Å². The van der Waals surface area contributed by atoms with E-state index in [1.165, 1.54) is 38.2 Å². The molecule has 2 nitrogen and oxygen atoms in total. The van der Waals surface area contributed by atoms with E-state index in [1.54, 1.807) is 0 Å². The molecule has 0 aromatic heterocycles. The van der Waals surface area contributed by atoms with Crippen LogP contribution >= 0.6 is 0 Å². The van der Waals surface area contributed by atoms with Crippen molar-refractivity contribution in [2.45, 2.75) is 51.6 Å². The quantitative estimate of drug-likeness (QED) is 0.861. The van der Waals surface area contributed by atoms with Crippen molar-refractivity contribution >= 4 is 0 Å². The summed E-state index contributed by atoms with van der Waals surface area (Å²) in [6.07, 6.45) is 6.35. The van der Waals surface area contributed by atoms with Crippen molar-refractivity contribution in [2.24, 2.45) is 5.73 Å². The van der Waals surface area contributed by atoms with E-state index < -0.39 is 0 Å². The second-order valence-corrected chi connectivity index (χ2v) is 5.73. The van der Waals surface area contributed by atoms with Gasteiger partial charge in [0.15, 0.2) is 0 Å². The molecular weight excluding hydrogens is 263 g/mol. The first-order chi connectivity index (χ1) is 10.2. The molecule has 1 unspecified atom stereocenters. The summed E-state index contributed by atoms with van der Waals surface area (Å²) in [5, 5.41) is 0. The lowest BCUT2D eigenvalue weighted by Gasteiger charge is -2.35. The van der Waals surface area contributed by atoms with Crippen molar-refractivity contribution in [1.29, 1.82) is 0 Å². The Morgan fingerprint density at radius 3 is 3.00 bits per heavy atom. The van der Waals surface area contributed by atoms with Crippen molar-refractivity contribution < 1.29 is 4.39 Å². The highest BCUT2D eigenvalue weighted by atomic mass is 19.1. The normalized spacial score (nSPS) is 19.1. The summed E-state index contributed by atoms with van der Waals surface area (Å²) in [7, 11) is 0. The molecule has 1 saturated heterocycles. The zero-order chi connectivity index (χ0) is 15.1. The zero-order valence-electron chi connectivity index (χ0n) is 12.9. The molecule has 0 amide bonds. The maximum atomic E-state index is 13.7. The number of rotatable bonds is 4. The van der Waals surface area contributed by atoms with Crippen LogP contribution in [0.25, 0.3) is 0 Å². The summed E-state index contributed by atoms with van der Waals surface area (Å²) in [5.41, 5.74) is 6.96. The van der Waals surface area contributed by atoms with Gasteiger partial charge in [0.2, 0.25) is 0 Å². The van der Waals surface area contributed by atoms with E-state index in [0.717, 1.165) is 18.7 Å². The van der Waals surface area contributed by atoms with Crippen LogP contribution in [0, 0.1) is 17.7 Å². The average molecular weight is 288 g/mol. The van der Waals surface area contributed by atoms with Gasteiger partial charge in [0.05, 0.1) is 12.1 Å². The van der Waals surface area contributed by atoms with E-state index in [9.17, 15) is 4.39 Å². The summed E-state index contributed by atoms with van der Waals surface area (Å²) in [6.45, 7) is 4.54. The Balaban J connectivity index is 2.10. The van der Waals surface area contributed by atoms with E-state index in [2.05, 4.69) is 23.7 Å². The van der Waals surface area contributed by atoms with Gasteiger partial charge in [0.25, 0.3) is 0 Å². The molecule has 1 aliphatic heterocycles. The van der Waals surface area contributed by atoms with E-state index >= 15 is 0 Å². The molecule has 1 aromatic rings. The van der Waals surface area contributed by atoms with Gasteiger partial charge < -0.3 is 5.73 Å². The third-order valence-corrected chi connectivity index (χ3v) is 4.11. The van der Waals surface area contributed by atoms with Gasteiger partial charge in [0.1, 0.15) is 5.82 Å². The number of halogens is 1. The fraction of sp³-hybridized carbons (Fsp3) is 0.556. The Labute approximate surface area is 127 Å². The Morgan fingerprint density at radius 2 is 2.24 bits per heavy atom. The third kappa shape index (κ3) is 4.56. The molecular formula is C18H25FN2. The van der Waals surface area contributed by atoms with Crippen LogP contribution in [-0.2, 0) is 6.54 Å². The van der Waals surface area contributed by atoms with Gasteiger partial charge in [-0.25, -0.2) is 4.39 Å². The van der Waals surface area contributed by atoms with E-state index in [-0.39, 0.29) is 12.4 Å². The topological polar surface area (TPSA) is 29.3 Å². The highest BCUT2D eigenvalue weighted by molar-refractivity contribution is 5.38. The second kappa shape index (κ2) is 8.17. The summed E-state index contributed by atoms with van der Waals surface area (Å²) in [4.78, 5) is 2.54. The molecule has 0 saturated carbocycles. The number of hydrogen-bond acceptors (Lipinski definition) is 2. The number of nitrogens with zero attached hydrogens (tertiary/aromatic N) is 1. The van der Waals surface area contributed by atoms with E-state index in [1.807, 2.05) is 12.1 Å². The number of benzene rings is 1. The third-order valence-electron chi connectivity index (χ3n) is 4.11. The monoisotopic (exact) mass is 288 g/mol. The fourth-order valence-corrected chi connectivity index (χ4v) is 3.08. The molecule has 0 aliphatic carbocycles. The van der Waals surface area contributed by atoms with Crippen LogP contribution in [0.2, 0.25) is 0 Å². The van der Waals surface area contributed by atoms with Crippen LogP contribution in [-0.4, -0.2) is 24.0 Å². The van der Waals surface area contributed by atoms with Gasteiger partial charge in [-0.05, 0) is 43.5 Å². The SMILES string of the molecule is CCCC1CCCCN1Cc1ccc(F)c(C#CCN)c1. The Bertz CT molecular complexity index is 514. The van der Waals surface area contributed by atoms with Crippen LogP contribution < -0.4 is 5.73 Å². The molecule has 1 aliphatic rings. The summed E-state index contributed by atoms with van der Waals surface area (Å²) < 4.78 is 13.7. The lowest BCUT2D eigenvalue weighted by molar-refractivity contribution is 0.131. The largest absolute Gasteiger partial charge is 0.320 e. The first-order valence-electron chi connectivity index (χ1n) is 7.96. The fourth-order valence-electron chi connectivity index (χ4n) is 3.08. The molecule has 1 fully saturated rings. The van der Waals surface area contributed by atoms with Gasteiger partial charge >= 0.3 is 0 Å². The molecule has 1 atom stereocenters. The first-order valence-corrected chi connectivity index (χ1v) is 7.96. The predicted octanol–water partition coefficient (Wildman–Crippen LogP) is 3.29. The molecule has 0 spiro atoms. The average Bonchev–Trinajstić information content (AvgIpc) is 2.50.